The highest BCUT2D eigenvalue weighted by atomic mass is 35.5. The van der Waals surface area contributed by atoms with Gasteiger partial charge in [-0.2, -0.15) is 36.5 Å². The number of hydrogen-bond acceptors (Lipinski definition) is 2. The van der Waals surface area contributed by atoms with Crippen molar-refractivity contribution in [3.63, 3.8) is 0 Å². The summed E-state index contributed by atoms with van der Waals surface area (Å²) in [4.78, 5) is 0. The number of nitrogens with one attached hydrogen (secondary N) is 2. The van der Waals surface area contributed by atoms with Gasteiger partial charge in [-0.05, 0) is 17.9 Å². The number of aromatic nitrogens is 4. The van der Waals surface area contributed by atoms with Gasteiger partial charge in [0, 0.05) is 5.69 Å². The van der Waals surface area contributed by atoms with Crippen LogP contribution < -0.4 is 0 Å². The van der Waals surface area contributed by atoms with Crippen molar-refractivity contribution in [1.82, 2.24) is 20.4 Å². The van der Waals surface area contributed by atoms with Crippen LogP contribution in [-0.2, 0) is 12.4 Å². The van der Waals surface area contributed by atoms with Crippen LogP contribution in [0.2, 0.25) is 5.02 Å². The van der Waals surface area contributed by atoms with Gasteiger partial charge in [0.05, 0.1) is 10.7 Å². The topological polar surface area (TPSA) is 57.4 Å². The molecule has 2 N–H and O–H groups in total. The molecule has 0 aliphatic carbocycles. The van der Waals surface area contributed by atoms with Crippen LogP contribution in [0, 0.1) is 0 Å². The molecule has 0 bridgehead atoms. The van der Waals surface area contributed by atoms with E-state index in [1.54, 1.807) is 27.7 Å². The summed E-state index contributed by atoms with van der Waals surface area (Å²) in [7, 11) is 0. The van der Waals surface area contributed by atoms with Gasteiger partial charge in [-0.15, -0.1) is 0 Å². The Hall–Kier alpha value is -1.71. The first-order valence-electron chi connectivity index (χ1n) is 7.18. The van der Waals surface area contributed by atoms with Crippen molar-refractivity contribution in [2.45, 2.75) is 51.9 Å². The molecule has 2 aromatic heterocycles. The SMILES string of the molecule is CC(C)c1[nH]nc(C(F)(F)F)c1Cl.CC(C)c1cc(C(F)(F)F)n[nH]1. The fourth-order valence-electron chi connectivity index (χ4n) is 1.69. The van der Waals surface area contributed by atoms with E-state index in [-0.39, 0.29) is 16.9 Å². The molecule has 0 unspecified atom stereocenters. The van der Waals surface area contributed by atoms with Crippen molar-refractivity contribution in [2.75, 3.05) is 0 Å². The number of nitrogens with zero attached hydrogens (tertiary/aromatic N) is 2. The van der Waals surface area contributed by atoms with Crippen molar-refractivity contribution in [1.29, 1.82) is 0 Å². The first kappa shape index (κ1) is 21.3. The monoisotopic (exact) mass is 390 g/mol. The molecule has 25 heavy (non-hydrogen) atoms. The smallest absolute Gasteiger partial charge is 0.282 e. The van der Waals surface area contributed by atoms with Crippen LogP contribution >= 0.6 is 11.6 Å². The Balaban J connectivity index is 0.000000251. The summed E-state index contributed by atoms with van der Waals surface area (Å²) in [6.45, 7) is 7.07. The largest absolute Gasteiger partial charge is 0.436 e. The molecular formula is C14H17ClF6N4. The summed E-state index contributed by atoms with van der Waals surface area (Å²) in [5.74, 6) is -0.0651. The average molecular weight is 391 g/mol. The number of halogens is 7. The second kappa shape index (κ2) is 7.67. The molecule has 0 aromatic carbocycles. The summed E-state index contributed by atoms with van der Waals surface area (Å²) in [6.07, 6.45) is -8.83. The lowest BCUT2D eigenvalue weighted by Crippen LogP contribution is -2.06. The minimum atomic E-state index is -4.49. The lowest BCUT2D eigenvalue weighted by Gasteiger charge is -2.03. The van der Waals surface area contributed by atoms with Gasteiger partial charge < -0.3 is 0 Å². The third-order valence-corrected chi connectivity index (χ3v) is 3.47. The molecule has 2 aromatic rings. The zero-order valence-electron chi connectivity index (χ0n) is 13.8. The first-order chi connectivity index (χ1) is 11.2. The summed E-state index contributed by atoms with van der Waals surface area (Å²) in [6, 6.07) is 1.03. The molecule has 0 radical (unpaired) electrons. The van der Waals surface area contributed by atoms with Crippen molar-refractivity contribution in [3.05, 3.63) is 33.9 Å². The van der Waals surface area contributed by atoms with E-state index >= 15 is 0 Å². The van der Waals surface area contributed by atoms with Crippen LogP contribution in [0.4, 0.5) is 26.3 Å². The zero-order valence-corrected chi connectivity index (χ0v) is 14.5. The van der Waals surface area contributed by atoms with E-state index in [0.29, 0.717) is 11.4 Å². The van der Waals surface area contributed by atoms with E-state index < -0.39 is 23.7 Å². The van der Waals surface area contributed by atoms with Gasteiger partial charge in [-0.25, -0.2) is 0 Å². The number of H-pyrrole nitrogens is 2. The standard InChI is InChI=1S/C7H8ClF3N2.C7H9F3N2/c1-3(2)5-4(8)6(13-12-5)7(9,10)11;1-4(2)5-3-6(12-11-5)7(8,9)10/h3H,1-2H3,(H,12,13);3-4H,1-2H3,(H,11,12). The Morgan fingerprint density at radius 3 is 1.68 bits per heavy atom. The molecule has 142 valence electrons. The minimum Gasteiger partial charge on any atom is -0.282 e. The third-order valence-electron chi connectivity index (χ3n) is 3.09. The van der Waals surface area contributed by atoms with E-state index in [4.69, 9.17) is 11.6 Å². The molecule has 2 heterocycles. The zero-order chi connectivity index (χ0) is 19.6. The van der Waals surface area contributed by atoms with Crippen molar-refractivity contribution >= 4 is 11.6 Å². The minimum absolute atomic E-state index is 0.0357. The number of rotatable bonds is 2. The Labute approximate surface area is 145 Å². The first-order valence-corrected chi connectivity index (χ1v) is 7.56. The van der Waals surface area contributed by atoms with E-state index in [1.807, 2.05) is 0 Å². The third kappa shape index (κ3) is 5.65. The molecule has 11 heteroatoms. The Bertz CT molecular complexity index is 684. The van der Waals surface area contributed by atoms with Gasteiger partial charge in [0.2, 0.25) is 0 Å². The Morgan fingerprint density at radius 2 is 1.44 bits per heavy atom. The molecular weight excluding hydrogens is 374 g/mol. The van der Waals surface area contributed by atoms with Crippen LogP contribution in [0.25, 0.3) is 0 Å². The predicted molar refractivity (Wildman–Crippen MR) is 80.4 cm³/mol. The van der Waals surface area contributed by atoms with Gasteiger partial charge in [0.15, 0.2) is 11.4 Å². The van der Waals surface area contributed by atoms with E-state index in [1.165, 1.54) is 0 Å². The summed E-state index contributed by atoms with van der Waals surface area (Å²) in [5.41, 5.74) is -1.08. The highest BCUT2D eigenvalue weighted by Gasteiger charge is 2.38. The number of alkyl halides is 6. The maximum absolute atomic E-state index is 12.2. The van der Waals surface area contributed by atoms with Crippen LogP contribution in [0.15, 0.2) is 6.07 Å². The Morgan fingerprint density at radius 1 is 0.880 bits per heavy atom. The highest BCUT2D eigenvalue weighted by Crippen LogP contribution is 2.36. The van der Waals surface area contributed by atoms with Gasteiger partial charge in [0.25, 0.3) is 0 Å². The molecule has 0 atom stereocenters. The molecule has 0 aliphatic rings. The summed E-state index contributed by atoms with van der Waals surface area (Å²) < 4.78 is 72.4. The highest BCUT2D eigenvalue weighted by molar-refractivity contribution is 6.32. The fraction of sp³-hybridized carbons (Fsp3) is 0.571. The lowest BCUT2D eigenvalue weighted by atomic mass is 10.1. The average Bonchev–Trinajstić information content (AvgIpc) is 3.03. The van der Waals surface area contributed by atoms with Gasteiger partial charge in [-0.3, -0.25) is 10.2 Å². The molecule has 0 spiro atoms. The molecule has 0 fully saturated rings. The van der Waals surface area contributed by atoms with Crippen LogP contribution in [-0.4, -0.2) is 20.4 Å². The molecule has 0 saturated carbocycles. The normalized spacial score (nSPS) is 12.5. The number of hydrogen-bond donors (Lipinski definition) is 2. The predicted octanol–water partition coefficient (Wildman–Crippen LogP) is 5.76. The summed E-state index contributed by atoms with van der Waals surface area (Å²) in [5, 5.41) is 10.6. The van der Waals surface area contributed by atoms with Crippen molar-refractivity contribution < 1.29 is 26.3 Å². The van der Waals surface area contributed by atoms with Gasteiger partial charge in [-0.1, -0.05) is 39.3 Å². The van der Waals surface area contributed by atoms with E-state index in [2.05, 4.69) is 20.4 Å². The number of aromatic amines is 2. The fourth-order valence-corrected chi connectivity index (χ4v) is 2.10. The molecule has 0 saturated heterocycles. The van der Waals surface area contributed by atoms with E-state index in [9.17, 15) is 26.3 Å². The molecule has 0 aliphatic heterocycles. The van der Waals surface area contributed by atoms with Crippen LogP contribution in [0.1, 0.15) is 62.3 Å². The van der Waals surface area contributed by atoms with E-state index in [0.717, 1.165) is 6.07 Å². The second-order valence-electron chi connectivity index (χ2n) is 5.81. The second-order valence-corrected chi connectivity index (χ2v) is 6.19. The van der Waals surface area contributed by atoms with Gasteiger partial charge in [0.1, 0.15) is 0 Å². The maximum atomic E-state index is 12.2. The quantitative estimate of drug-likeness (QED) is 0.641. The molecule has 2 rings (SSSR count). The van der Waals surface area contributed by atoms with Crippen LogP contribution in [0.3, 0.4) is 0 Å². The lowest BCUT2D eigenvalue weighted by molar-refractivity contribution is -0.141. The van der Waals surface area contributed by atoms with Gasteiger partial charge >= 0.3 is 12.4 Å². The Kier molecular flexibility index (Phi) is 6.55. The summed E-state index contributed by atoms with van der Waals surface area (Å²) >= 11 is 5.49. The maximum Gasteiger partial charge on any atom is 0.436 e. The van der Waals surface area contributed by atoms with Crippen molar-refractivity contribution in [3.8, 4) is 0 Å². The van der Waals surface area contributed by atoms with Crippen molar-refractivity contribution in [2.24, 2.45) is 0 Å². The molecule has 4 nitrogen and oxygen atoms in total. The molecule has 0 amide bonds. The van der Waals surface area contributed by atoms with Crippen LogP contribution in [0.5, 0.6) is 0 Å².